The van der Waals surface area contributed by atoms with Gasteiger partial charge in [-0.05, 0) is 30.7 Å². The molecule has 0 radical (unpaired) electrons. The average Bonchev–Trinajstić information content (AvgIpc) is 2.83. The largest absolute Gasteiger partial charge is 0.465 e. The summed E-state index contributed by atoms with van der Waals surface area (Å²) < 4.78 is 69.5. The highest BCUT2D eigenvalue weighted by Crippen LogP contribution is 2.47. The maximum Gasteiger partial charge on any atom is 0.407 e. The summed E-state index contributed by atoms with van der Waals surface area (Å²) in [5, 5.41) is 8.88. The van der Waals surface area contributed by atoms with Crippen LogP contribution in [0.1, 0.15) is 6.42 Å². The van der Waals surface area contributed by atoms with Crippen LogP contribution in [0.15, 0.2) is 36.4 Å². The summed E-state index contributed by atoms with van der Waals surface area (Å²) in [5.74, 6) is -2.96. The maximum absolute atomic E-state index is 14.5. The summed E-state index contributed by atoms with van der Waals surface area (Å²) in [4.78, 5) is 11.8. The third-order valence-electron chi connectivity index (χ3n) is 4.26. The van der Waals surface area contributed by atoms with Crippen molar-refractivity contribution in [3.05, 3.63) is 53.8 Å². The number of carbonyl (C=O) groups is 1. The van der Waals surface area contributed by atoms with Crippen LogP contribution in [0.25, 0.3) is 0 Å². The second kappa shape index (κ2) is 7.23. The molecule has 0 atom stereocenters. The predicted octanol–water partition coefficient (Wildman–Crippen LogP) is 3.31. The summed E-state index contributed by atoms with van der Waals surface area (Å²) in [7, 11) is -3.09. The number of rotatable bonds is 5. The molecular weight excluding hydrogens is 399 g/mol. The number of benzene rings is 2. The van der Waals surface area contributed by atoms with Crippen molar-refractivity contribution in [1.29, 1.82) is 0 Å². The standard InChI is InChI=1S/C17H16F3N3O4S/c1-21(17(24)25)8-3-9-22-15-5-2-4-12(19)16(15)23(28(22,26)27)14-7-6-11(18)10-13(14)20/h2,4-7,10H,3,8-9H2,1H3,(H,24,25). The normalized spacial score (nSPS) is 14.9. The van der Waals surface area contributed by atoms with E-state index in [2.05, 4.69) is 0 Å². The predicted molar refractivity (Wildman–Crippen MR) is 96.4 cm³/mol. The van der Waals surface area contributed by atoms with Crippen LogP contribution in [-0.4, -0.2) is 44.7 Å². The average molecular weight is 415 g/mol. The summed E-state index contributed by atoms with van der Waals surface area (Å²) in [6, 6.07) is 6.00. The number of hydrogen-bond acceptors (Lipinski definition) is 3. The van der Waals surface area contributed by atoms with E-state index in [-0.39, 0.29) is 30.9 Å². The molecule has 1 aliphatic rings. The number of halogens is 3. The fourth-order valence-electron chi connectivity index (χ4n) is 2.92. The Bertz CT molecular complexity index is 1030. The molecule has 1 aliphatic heterocycles. The number of anilines is 3. The third-order valence-corrected chi connectivity index (χ3v) is 6.03. The van der Waals surface area contributed by atoms with E-state index in [9.17, 15) is 26.4 Å². The summed E-state index contributed by atoms with van der Waals surface area (Å²) in [5.41, 5.74) is -0.904. The molecule has 0 fully saturated rings. The lowest BCUT2D eigenvalue weighted by Gasteiger charge is -2.23. The zero-order chi connectivity index (χ0) is 20.6. The molecule has 0 bridgehead atoms. The molecule has 1 heterocycles. The molecule has 150 valence electrons. The van der Waals surface area contributed by atoms with Gasteiger partial charge in [0.25, 0.3) is 0 Å². The minimum absolute atomic E-state index is 0.0123. The number of hydrogen-bond donors (Lipinski definition) is 1. The van der Waals surface area contributed by atoms with Crippen LogP contribution in [0.3, 0.4) is 0 Å². The van der Waals surface area contributed by atoms with Crippen molar-refractivity contribution in [2.24, 2.45) is 0 Å². The van der Waals surface area contributed by atoms with E-state index in [1.165, 1.54) is 19.2 Å². The molecule has 2 aromatic rings. The second-order valence-electron chi connectivity index (χ2n) is 6.11. The maximum atomic E-state index is 14.5. The highest BCUT2D eigenvalue weighted by Gasteiger charge is 2.44. The number of fused-ring (bicyclic) bond motifs is 1. The first kappa shape index (κ1) is 19.8. The Kier molecular flexibility index (Phi) is 5.11. The van der Waals surface area contributed by atoms with E-state index < -0.39 is 39.4 Å². The molecule has 0 saturated carbocycles. The first-order valence-electron chi connectivity index (χ1n) is 8.15. The number of para-hydroxylation sites is 1. The van der Waals surface area contributed by atoms with Crippen LogP contribution >= 0.6 is 0 Å². The quantitative estimate of drug-likeness (QED) is 0.813. The highest BCUT2D eigenvalue weighted by molar-refractivity contribution is 7.95. The van der Waals surface area contributed by atoms with Gasteiger partial charge in [0.15, 0.2) is 5.82 Å². The van der Waals surface area contributed by atoms with Gasteiger partial charge < -0.3 is 10.0 Å². The fourth-order valence-corrected chi connectivity index (χ4v) is 4.68. The molecule has 11 heteroatoms. The summed E-state index contributed by atoms with van der Waals surface area (Å²) in [6.07, 6.45) is -1.05. The van der Waals surface area contributed by atoms with Crippen molar-refractivity contribution in [3.63, 3.8) is 0 Å². The summed E-state index contributed by atoms with van der Waals surface area (Å²) in [6.45, 7) is -0.118. The minimum atomic E-state index is -4.42. The highest BCUT2D eigenvalue weighted by atomic mass is 32.2. The third kappa shape index (κ3) is 3.33. The van der Waals surface area contributed by atoms with Crippen molar-refractivity contribution in [1.82, 2.24) is 4.90 Å². The Morgan fingerprint density at radius 1 is 1.11 bits per heavy atom. The smallest absolute Gasteiger partial charge is 0.407 e. The molecule has 3 rings (SSSR count). The fraction of sp³-hybridized carbons (Fsp3) is 0.235. The van der Waals surface area contributed by atoms with Crippen LogP contribution in [0.4, 0.5) is 35.0 Å². The van der Waals surface area contributed by atoms with Gasteiger partial charge in [-0.15, -0.1) is 0 Å². The van der Waals surface area contributed by atoms with Gasteiger partial charge in [-0.3, -0.25) is 4.31 Å². The zero-order valence-electron chi connectivity index (χ0n) is 14.6. The molecule has 0 unspecified atom stereocenters. The molecule has 0 saturated heterocycles. The molecule has 28 heavy (non-hydrogen) atoms. The Labute approximate surface area is 159 Å². The van der Waals surface area contributed by atoms with E-state index >= 15 is 0 Å². The Morgan fingerprint density at radius 3 is 2.46 bits per heavy atom. The Morgan fingerprint density at radius 2 is 1.82 bits per heavy atom. The van der Waals surface area contributed by atoms with E-state index in [4.69, 9.17) is 5.11 Å². The molecule has 0 aliphatic carbocycles. The van der Waals surface area contributed by atoms with E-state index in [1.807, 2.05) is 0 Å². The van der Waals surface area contributed by atoms with Gasteiger partial charge in [-0.25, -0.2) is 22.3 Å². The van der Waals surface area contributed by atoms with Gasteiger partial charge >= 0.3 is 16.3 Å². The van der Waals surface area contributed by atoms with E-state index in [1.54, 1.807) is 0 Å². The van der Waals surface area contributed by atoms with Crippen molar-refractivity contribution >= 4 is 33.4 Å². The summed E-state index contributed by atoms with van der Waals surface area (Å²) >= 11 is 0. The Balaban J connectivity index is 2.03. The van der Waals surface area contributed by atoms with Crippen LogP contribution < -0.4 is 8.61 Å². The van der Waals surface area contributed by atoms with Crippen molar-refractivity contribution < 1.29 is 31.5 Å². The van der Waals surface area contributed by atoms with Gasteiger partial charge in [0, 0.05) is 26.2 Å². The number of nitrogens with zero attached hydrogens (tertiary/aromatic N) is 3. The first-order chi connectivity index (χ1) is 13.1. The van der Waals surface area contributed by atoms with E-state index in [0.717, 1.165) is 27.4 Å². The molecule has 1 N–H and O–H groups in total. The molecule has 7 nitrogen and oxygen atoms in total. The van der Waals surface area contributed by atoms with Crippen LogP contribution in [-0.2, 0) is 10.2 Å². The lowest BCUT2D eigenvalue weighted by atomic mass is 10.2. The minimum Gasteiger partial charge on any atom is -0.465 e. The van der Waals surface area contributed by atoms with Crippen molar-refractivity contribution in [3.8, 4) is 0 Å². The van der Waals surface area contributed by atoms with E-state index in [0.29, 0.717) is 10.4 Å². The molecular formula is C17H16F3N3O4S. The molecule has 0 aromatic heterocycles. The van der Waals surface area contributed by atoms with Crippen molar-refractivity contribution in [2.75, 3.05) is 28.7 Å². The van der Waals surface area contributed by atoms with Gasteiger partial charge in [-0.2, -0.15) is 8.42 Å². The monoisotopic (exact) mass is 415 g/mol. The number of carboxylic acid groups (broad SMARTS) is 1. The molecule has 2 aromatic carbocycles. The first-order valence-corrected chi connectivity index (χ1v) is 9.55. The van der Waals surface area contributed by atoms with Crippen LogP contribution in [0.2, 0.25) is 0 Å². The number of amides is 1. The Hall–Kier alpha value is -2.95. The van der Waals surface area contributed by atoms with Crippen molar-refractivity contribution in [2.45, 2.75) is 6.42 Å². The topological polar surface area (TPSA) is 81.2 Å². The SMILES string of the molecule is CN(CCCN1c2cccc(F)c2N(c2ccc(F)cc2F)S1(=O)=O)C(=O)O. The van der Waals surface area contributed by atoms with Gasteiger partial charge in [-0.1, -0.05) is 6.07 Å². The molecule has 0 spiro atoms. The lowest BCUT2D eigenvalue weighted by molar-refractivity contribution is 0.156. The van der Waals surface area contributed by atoms with Crippen LogP contribution in [0.5, 0.6) is 0 Å². The van der Waals surface area contributed by atoms with Gasteiger partial charge in [0.05, 0.1) is 11.4 Å². The van der Waals surface area contributed by atoms with Gasteiger partial charge in [0.2, 0.25) is 0 Å². The van der Waals surface area contributed by atoms with Crippen LogP contribution in [0, 0.1) is 17.5 Å². The zero-order valence-corrected chi connectivity index (χ0v) is 15.5. The lowest BCUT2D eigenvalue weighted by Crippen LogP contribution is -2.37. The second-order valence-corrected chi connectivity index (χ2v) is 7.81. The van der Waals surface area contributed by atoms with Gasteiger partial charge in [0.1, 0.15) is 17.3 Å². The molecule has 1 amide bonds.